The number of nitrogens with one attached hydrogen (secondary N) is 1. The molecule has 0 saturated carbocycles. The molecule has 150 valence electrons. The molecule has 1 heterocycles. The van der Waals surface area contributed by atoms with Crippen LogP contribution in [0.4, 0.5) is 20.3 Å². The molecule has 0 saturated heterocycles. The van der Waals surface area contributed by atoms with Crippen LogP contribution in [-0.2, 0) is 6.54 Å². The van der Waals surface area contributed by atoms with Gasteiger partial charge in [0.2, 0.25) is 0 Å². The van der Waals surface area contributed by atoms with Gasteiger partial charge in [-0.2, -0.15) is 0 Å². The highest BCUT2D eigenvalue weighted by atomic mass is 19.2. The van der Waals surface area contributed by atoms with Crippen molar-refractivity contribution in [2.24, 2.45) is 0 Å². The van der Waals surface area contributed by atoms with Crippen molar-refractivity contribution in [3.05, 3.63) is 83.3 Å². The van der Waals surface area contributed by atoms with E-state index in [0.717, 1.165) is 17.7 Å². The maximum absolute atomic E-state index is 13.5. The molecule has 1 N–H and O–H groups in total. The molecule has 0 unspecified atom stereocenters. The topological polar surface area (TPSA) is 58.1 Å². The van der Waals surface area contributed by atoms with Gasteiger partial charge in [0.05, 0.1) is 0 Å². The SMILES string of the molecule is Cc1nc(Nc2ccc(F)c(F)c2)cc(C(=O)N(Cc2ccccc2)C(C)C)n1. The van der Waals surface area contributed by atoms with Gasteiger partial charge < -0.3 is 10.2 Å². The highest BCUT2D eigenvalue weighted by Gasteiger charge is 2.21. The average molecular weight is 396 g/mol. The summed E-state index contributed by atoms with van der Waals surface area (Å²) in [6.07, 6.45) is 0. The van der Waals surface area contributed by atoms with E-state index in [9.17, 15) is 13.6 Å². The second kappa shape index (κ2) is 8.77. The summed E-state index contributed by atoms with van der Waals surface area (Å²) in [5.74, 6) is -1.41. The van der Waals surface area contributed by atoms with Crippen LogP contribution in [0.3, 0.4) is 0 Å². The summed E-state index contributed by atoms with van der Waals surface area (Å²) in [4.78, 5) is 23.4. The number of halogens is 2. The normalized spacial score (nSPS) is 10.8. The van der Waals surface area contributed by atoms with Gasteiger partial charge in [-0.25, -0.2) is 18.7 Å². The lowest BCUT2D eigenvalue weighted by molar-refractivity contribution is 0.0684. The van der Waals surface area contributed by atoms with E-state index in [-0.39, 0.29) is 17.6 Å². The Hall–Kier alpha value is -3.35. The highest BCUT2D eigenvalue weighted by Crippen LogP contribution is 2.20. The molecule has 0 aliphatic carbocycles. The van der Waals surface area contributed by atoms with Crippen molar-refractivity contribution in [1.29, 1.82) is 0 Å². The Balaban J connectivity index is 1.86. The molecule has 7 heteroatoms. The van der Waals surface area contributed by atoms with E-state index in [0.29, 0.717) is 23.9 Å². The van der Waals surface area contributed by atoms with Crippen molar-refractivity contribution < 1.29 is 13.6 Å². The van der Waals surface area contributed by atoms with Crippen molar-refractivity contribution >= 4 is 17.4 Å². The standard InChI is InChI=1S/C22H22F2N4O/c1-14(2)28(13-16-7-5-4-6-8-16)22(29)20-12-21(26-15(3)25-20)27-17-9-10-18(23)19(24)11-17/h4-12,14H,13H2,1-3H3,(H,25,26,27). The monoisotopic (exact) mass is 396 g/mol. The number of aromatic nitrogens is 2. The summed E-state index contributed by atoms with van der Waals surface area (Å²) in [7, 11) is 0. The van der Waals surface area contributed by atoms with Crippen molar-refractivity contribution in [1.82, 2.24) is 14.9 Å². The Bertz CT molecular complexity index is 1010. The predicted molar refractivity (Wildman–Crippen MR) is 108 cm³/mol. The quantitative estimate of drug-likeness (QED) is 0.647. The third-order valence-corrected chi connectivity index (χ3v) is 4.33. The van der Waals surface area contributed by atoms with Crippen LogP contribution in [0, 0.1) is 18.6 Å². The number of nitrogens with zero attached hydrogens (tertiary/aromatic N) is 3. The van der Waals surface area contributed by atoms with Gasteiger partial charge in [0.15, 0.2) is 11.6 Å². The first kappa shape index (κ1) is 20.4. The lowest BCUT2D eigenvalue weighted by Crippen LogP contribution is -2.37. The zero-order valence-corrected chi connectivity index (χ0v) is 16.5. The van der Waals surface area contributed by atoms with E-state index in [4.69, 9.17) is 0 Å². The first-order chi connectivity index (χ1) is 13.8. The van der Waals surface area contributed by atoms with Gasteiger partial charge in [-0.05, 0) is 38.5 Å². The number of rotatable bonds is 6. The summed E-state index contributed by atoms with van der Waals surface area (Å²) in [6.45, 7) is 6.00. The number of hydrogen-bond donors (Lipinski definition) is 1. The second-order valence-electron chi connectivity index (χ2n) is 6.95. The molecule has 0 aliphatic heterocycles. The van der Waals surface area contributed by atoms with Gasteiger partial charge >= 0.3 is 0 Å². The van der Waals surface area contributed by atoms with Crippen molar-refractivity contribution in [2.45, 2.75) is 33.4 Å². The minimum absolute atomic E-state index is 0.0411. The van der Waals surface area contributed by atoms with E-state index in [2.05, 4.69) is 15.3 Å². The van der Waals surface area contributed by atoms with Crippen molar-refractivity contribution in [3.8, 4) is 0 Å². The third-order valence-electron chi connectivity index (χ3n) is 4.33. The molecule has 29 heavy (non-hydrogen) atoms. The minimum Gasteiger partial charge on any atom is -0.340 e. The fourth-order valence-corrected chi connectivity index (χ4v) is 2.88. The molecule has 0 aliphatic rings. The van der Waals surface area contributed by atoms with Crippen LogP contribution in [0.2, 0.25) is 0 Å². The molecule has 0 radical (unpaired) electrons. The number of anilines is 2. The lowest BCUT2D eigenvalue weighted by Gasteiger charge is -2.26. The summed E-state index contributed by atoms with van der Waals surface area (Å²) in [5, 5.41) is 2.90. The fraction of sp³-hybridized carbons (Fsp3) is 0.227. The number of carbonyl (C=O) groups excluding carboxylic acids is 1. The molecule has 0 bridgehead atoms. The number of aryl methyl sites for hydroxylation is 1. The largest absolute Gasteiger partial charge is 0.340 e. The molecule has 5 nitrogen and oxygen atoms in total. The van der Waals surface area contributed by atoms with Crippen LogP contribution >= 0.6 is 0 Å². The van der Waals surface area contributed by atoms with E-state index in [1.54, 1.807) is 11.8 Å². The van der Waals surface area contributed by atoms with E-state index < -0.39 is 11.6 Å². The van der Waals surface area contributed by atoms with Gasteiger partial charge in [-0.15, -0.1) is 0 Å². The zero-order valence-electron chi connectivity index (χ0n) is 16.5. The first-order valence-electron chi connectivity index (χ1n) is 9.26. The Kier molecular flexibility index (Phi) is 6.16. The molecular formula is C22H22F2N4O. The lowest BCUT2D eigenvalue weighted by atomic mass is 10.1. The van der Waals surface area contributed by atoms with Crippen molar-refractivity contribution in [3.63, 3.8) is 0 Å². The molecule has 1 aromatic heterocycles. The van der Waals surface area contributed by atoms with Crippen LogP contribution in [0.5, 0.6) is 0 Å². The average Bonchev–Trinajstić information content (AvgIpc) is 2.68. The molecule has 0 atom stereocenters. The van der Waals surface area contributed by atoms with Gasteiger partial charge in [0.25, 0.3) is 5.91 Å². The highest BCUT2D eigenvalue weighted by molar-refractivity contribution is 5.93. The number of benzene rings is 2. The summed E-state index contributed by atoms with van der Waals surface area (Å²) in [6, 6.07) is 14.6. The van der Waals surface area contributed by atoms with Gasteiger partial charge in [-0.1, -0.05) is 30.3 Å². The predicted octanol–water partition coefficient (Wildman–Crippen LogP) is 4.86. The van der Waals surface area contributed by atoms with E-state index in [1.807, 2.05) is 44.2 Å². The summed E-state index contributed by atoms with van der Waals surface area (Å²) >= 11 is 0. The van der Waals surface area contributed by atoms with Gasteiger partial charge in [0, 0.05) is 30.4 Å². The van der Waals surface area contributed by atoms with Gasteiger partial charge in [0.1, 0.15) is 17.3 Å². The van der Waals surface area contributed by atoms with E-state index in [1.165, 1.54) is 12.1 Å². The number of amides is 1. The Morgan fingerprint density at radius 2 is 1.76 bits per heavy atom. The molecule has 0 spiro atoms. The van der Waals surface area contributed by atoms with E-state index >= 15 is 0 Å². The third kappa shape index (κ3) is 5.13. The smallest absolute Gasteiger partial charge is 0.273 e. The maximum Gasteiger partial charge on any atom is 0.273 e. The fourth-order valence-electron chi connectivity index (χ4n) is 2.88. The number of carbonyl (C=O) groups is 1. The number of hydrogen-bond acceptors (Lipinski definition) is 4. The molecule has 1 amide bonds. The van der Waals surface area contributed by atoms with Crippen molar-refractivity contribution in [2.75, 3.05) is 5.32 Å². The van der Waals surface area contributed by atoms with Crippen LogP contribution in [0.1, 0.15) is 35.7 Å². The molecule has 2 aromatic carbocycles. The second-order valence-corrected chi connectivity index (χ2v) is 6.95. The first-order valence-corrected chi connectivity index (χ1v) is 9.26. The van der Waals surface area contributed by atoms with Crippen LogP contribution < -0.4 is 5.32 Å². The minimum atomic E-state index is -0.967. The Labute approximate surface area is 168 Å². The Morgan fingerprint density at radius 3 is 2.41 bits per heavy atom. The van der Waals surface area contributed by atoms with Crippen LogP contribution in [0.25, 0.3) is 0 Å². The molecular weight excluding hydrogens is 374 g/mol. The van der Waals surface area contributed by atoms with Crippen LogP contribution in [-0.4, -0.2) is 26.8 Å². The zero-order chi connectivity index (χ0) is 21.0. The summed E-state index contributed by atoms with van der Waals surface area (Å²) < 4.78 is 26.6. The maximum atomic E-state index is 13.5. The molecule has 0 fully saturated rings. The molecule has 3 rings (SSSR count). The summed E-state index contributed by atoms with van der Waals surface area (Å²) in [5.41, 5.74) is 1.57. The van der Waals surface area contributed by atoms with Gasteiger partial charge in [-0.3, -0.25) is 4.79 Å². The Morgan fingerprint density at radius 1 is 1.03 bits per heavy atom. The molecule has 3 aromatic rings. The van der Waals surface area contributed by atoms with Crippen LogP contribution in [0.15, 0.2) is 54.6 Å².